The standard InChI is InChI=1S/C28H19ClFN3O4S/c29-23-9-2-1-8-22(23)26(34)32-19-5-3-7-21(15-19)38-25-24(31-18-12-10-17(30)11-13-18)27(35)33(28(25)36)16-20-6-4-14-37-20/h1-15,31H,16H2,(H,32,34). The smallest absolute Gasteiger partial charge is 0.278 e. The fourth-order valence-electron chi connectivity index (χ4n) is 3.74. The van der Waals surface area contributed by atoms with Crippen LogP contribution in [0.3, 0.4) is 0 Å². The normalized spacial score (nSPS) is 13.3. The molecule has 190 valence electrons. The molecule has 0 saturated carbocycles. The molecule has 1 aromatic heterocycles. The Hall–Kier alpha value is -4.34. The lowest BCUT2D eigenvalue weighted by atomic mass is 10.2. The molecule has 10 heteroatoms. The lowest BCUT2D eigenvalue weighted by Crippen LogP contribution is -2.31. The summed E-state index contributed by atoms with van der Waals surface area (Å²) in [4.78, 5) is 41.2. The van der Waals surface area contributed by atoms with Crippen LogP contribution in [0, 0.1) is 5.82 Å². The number of halogens is 2. The molecule has 2 heterocycles. The van der Waals surface area contributed by atoms with Crippen LogP contribution in [0.25, 0.3) is 0 Å². The molecule has 2 N–H and O–H groups in total. The zero-order valence-corrected chi connectivity index (χ0v) is 21.2. The number of furan rings is 1. The Labute approximate surface area is 226 Å². The summed E-state index contributed by atoms with van der Waals surface area (Å²) in [6.07, 6.45) is 1.46. The first-order valence-corrected chi connectivity index (χ1v) is 12.6. The molecule has 3 aromatic carbocycles. The van der Waals surface area contributed by atoms with E-state index in [1.807, 2.05) is 0 Å². The van der Waals surface area contributed by atoms with Crippen molar-refractivity contribution in [1.29, 1.82) is 0 Å². The number of hydrogen-bond acceptors (Lipinski definition) is 6. The van der Waals surface area contributed by atoms with Crippen molar-refractivity contribution in [2.75, 3.05) is 10.6 Å². The van der Waals surface area contributed by atoms with Crippen LogP contribution >= 0.6 is 23.4 Å². The number of imide groups is 1. The van der Waals surface area contributed by atoms with Gasteiger partial charge in [0, 0.05) is 16.3 Å². The van der Waals surface area contributed by atoms with Gasteiger partial charge >= 0.3 is 0 Å². The number of carbonyl (C=O) groups excluding carboxylic acids is 3. The molecular formula is C28H19ClFN3O4S. The van der Waals surface area contributed by atoms with E-state index in [9.17, 15) is 18.8 Å². The van der Waals surface area contributed by atoms with Crippen molar-refractivity contribution >= 4 is 52.5 Å². The quantitative estimate of drug-likeness (QED) is 0.251. The highest BCUT2D eigenvalue weighted by Crippen LogP contribution is 2.37. The van der Waals surface area contributed by atoms with Gasteiger partial charge in [-0.1, -0.05) is 41.6 Å². The Kier molecular flexibility index (Phi) is 7.30. The summed E-state index contributed by atoms with van der Waals surface area (Å²) < 4.78 is 18.7. The fraction of sp³-hybridized carbons (Fsp3) is 0.0357. The molecule has 0 spiro atoms. The molecule has 0 bridgehead atoms. The van der Waals surface area contributed by atoms with Crippen LogP contribution in [0.4, 0.5) is 15.8 Å². The molecule has 0 unspecified atom stereocenters. The third-order valence-corrected chi connectivity index (χ3v) is 6.97. The van der Waals surface area contributed by atoms with Crippen LogP contribution in [0.15, 0.2) is 111 Å². The predicted octanol–water partition coefficient (Wildman–Crippen LogP) is 6.31. The number of anilines is 2. The van der Waals surface area contributed by atoms with E-state index >= 15 is 0 Å². The monoisotopic (exact) mass is 547 g/mol. The van der Waals surface area contributed by atoms with Crippen LogP contribution in [0.2, 0.25) is 5.02 Å². The summed E-state index contributed by atoms with van der Waals surface area (Å²) >= 11 is 7.21. The van der Waals surface area contributed by atoms with Gasteiger partial charge in [-0.15, -0.1) is 0 Å². The van der Waals surface area contributed by atoms with Gasteiger partial charge < -0.3 is 15.1 Å². The molecule has 1 aliphatic heterocycles. The Bertz CT molecular complexity index is 1550. The van der Waals surface area contributed by atoms with Gasteiger partial charge in [0.25, 0.3) is 17.7 Å². The molecule has 1 aliphatic rings. The van der Waals surface area contributed by atoms with Crippen molar-refractivity contribution in [3.8, 4) is 0 Å². The van der Waals surface area contributed by atoms with Crippen molar-refractivity contribution in [3.63, 3.8) is 0 Å². The van der Waals surface area contributed by atoms with E-state index in [0.29, 0.717) is 32.6 Å². The molecular weight excluding hydrogens is 529 g/mol. The van der Waals surface area contributed by atoms with Crippen molar-refractivity contribution in [2.24, 2.45) is 0 Å². The van der Waals surface area contributed by atoms with Gasteiger partial charge in [-0.3, -0.25) is 19.3 Å². The highest BCUT2D eigenvalue weighted by atomic mass is 35.5. The second kappa shape index (κ2) is 11.0. The van der Waals surface area contributed by atoms with E-state index in [4.69, 9.17) is 16.0 Å². The van der Waals surface area contributed by atoms with Crippen molar-refractivity contribution in [2.45, 2.75) is 11.4 Å². The minimum absolute atomic E-state index is 0.0444. The van der Waals surface area contributed by atoms with Gasteiger partial charge in [-0.05, 0) is 66.7 Å². The molecule has 7 nitrogen and oxygen atoms in total. The molecule has 4 aromatic rings. The number of carbonyl (C=O) groups is 3. The Balaban J connectivity index is 1.42. The molecule has 0 saturated heterocycles. The van der Waals surface area contributed by atoms with E-state index in [1.54, 1.807) is 60.7 Å². The van der Waals surface area contributed by atoms with E-state index in [-0.39, 0.29) is 23.1 Å². The molecule has 0 radical (unpaired) electrons. The minimum Gasteiger partial charge on any atom is -0.467 e. The maximum Gasteiger partial charge on any atom is 0.278 e. The molecule has 0 fully saturated rings. The summed E-state index contributed by atoms with van der Waals surface area (Å²) in [5.41, 5.74) is 1.31. The van der Waals surface area contributed by atoms with Gasteiger partial charge in [-0.2, -0.15) is 0 Å². The molecule has 5 rings (SSSR count). The van der Waals surface area contributed by atoms with Crippen LogP contribution in [0.5, 0.6) is 0 Å². The fourth-order valence-corrected chi connectivity index (χ4v) is 4.96. The van der Waals surface area contributed by atoms with Crippen molar-refractivity contribution in [3.05, 3.63) is 124 Å². The van der Waals surface area contributed by atoms with Crippen LogP contribution in [0.1, 0.15) is 16.1 Å². The summed E-state index contributed by atoms with van der Waals surface area (Å²) in [5.74, 6) is -1.41. The molecule has 0 atom stereocenters. The number of amides is 3. The summed E-state index contributed by atoms with van der Waals surface area (Å²) in [5, 5.41) is 6.09. The van der Waals surface area contributed by atoms with Gasteiger partial charge in [0.1, 0.15) is 22.2 Å². The minimum atomic E-state index is -0.540. The average molecular weight is 548 g/mol. The van der Waals surface area contributed by atoms with Crippen LogP contribution < -0.4 is 10.6 Å². The number of hydrogen-bond donors (Lipinski definition) is 2. The Morgan fingerprint density at radius 3 is 2.45 bits per heavy atom. The maximum absolute atomic E-state index is 13.4. The van der Waals surface area contributed by atoms with Crippen LogP contribution in [-0.4, -0.2) is 22.6 Å². The predicted molar refractivity (Wildman–Crippen MR) is 143 cm³/mol. The summed E-state index contributed by atoms with van der Waals surface area (Å²) in [6.45, 7) is -0.0444. The lowest BCUT2D eigenvalue weighted by Gasteiger charge is -2.13. The topological polar surface area (TPSA) is 91.7 Å². The zero-order valence-electron chi connectivity index (χ0n) is 19.6. The Morgan fingerprint density at radius 2 is 1.71 bits per heavy atom. The number of nitrogens with zero attached hydrogens (tertiary/aromatic N) is 1. The van der Waals surface area contributed by atoms with Crippen molar-refractivity contribution in [1.82, 2.24) is 4.90 Å². The number of thioether (sulfide) groups is 1. The van der Waals surface area contributed by atoms with Crippen LogP contribution in [-0.2, 0) is 16.1 Å². The second-order valence-corrected chi connectivity index (χ2v) is 9.67. The SMILES string of the molecule is O=C(Nc1cccc(SC2=C(Nc3ccc(F)cc3)C(=O)N(Cc3ccco3)C2=O)c1)c1ccccc1Cl. The first kappa shape index (κ1) is 25.3. The van der Waals surface area contributed by atoms with E-state index in [1.165, 1.54) is 30.5 Å². The second-order valence-electron chi connectivity index (χ2n) is 8.18. The number of rotatable bonds is 8. The largest absolute Gasteiger partial charge is 0.467 e. The number of benzene rings is 3. The van der Waals surface area contributed by atoms with E-state index in [2.05, 4.69) is 10.6 Å². The van der Waals surface area contributed by atoms with Gasteiger partial charge in [0.2, 0.25) is 0 Å². The molecule has 0 aliphatic carbocycles. The van der Waals surface area contributed by atoms with E-state index < -0.39 is 17.6 Å². The van der Waals surface area contributed by atoms with E-state index in [0.717, 1.165) is 16.7 Å². The Morgan fingerprint density at radius 1 is 0.921 bits per heavy atom. The van der Waals surface area contributed by atoms with Gasteiger partial charge in [0.15, 0.2) is 0 Å². The average Bonchev–Trinajstić information content (AvgIpc) is 3.50. The maximum atomic E-state index is 13.4. The highest BCUT2D eigenvalue weighted by molar-refractivity contribution is 8.04. The van der Waals surface area contributed by atoms with Gasteiger partial charge in [0.05, 0.1) is 23.4 Å². The summed E-state index contributed by atoms with van der Waals surface area (Å²) in [6, 6.07) is 22.4. The van der Waals surface area contributed by atoms with Crippen molar-refractivity contribution < 1.29 is 23.2 Å². The summed E-state index contributed by atoms with van der Waals surface area (Å²) in [7, 11) is 0. The zero-order chi connectivity index (χ0) is 26.6. The van der Waals surface area contributed by atoms with Gasteiger partial charge in [-0.25, -0.2) is 4.39 Å². The lowest BCUT2D eigenvalue weighted by molar-refractivity contribution is -0.138. The molecule has 3 amide bonds. The highest BCUT2D eigenvalue weighted by Gasteiger charge is 2.39. The third kappa shape index (κ3) is 5.49. The molecule has 38 heavy (non-hydrogen) atoms. The third-order valence-electron chi connectivity index (χ3n) is 5.56. The number of nitrogens with one attached hydrogen (secondary N) is 2. The first-order chi connectivity index (χ1) is 18.4. The first-order valence-electron chi connectivity index (χ1n) is 11.4.